The largest absolute Gasteiger partial charge is 0.493 e. The highest BCUT2D eigenvalue weighted by atomic mass is 16.5. The van der Waals surface area contributed by atoms with Gasteiger partial charge in [0.05, 0.1) is 6.61 Å². The second kappa shape index (κ2) is 8.60. The van der Waals surface area contributed by atoms with Crippen LogP contribution in [0, 0.1) is 18.3 Å². The molecule has 2 rings (SSSR count). The number of ether oxygens (including phenoxy) is 2. The Bertz CT molecular complexity index is 694. The molecule has 0 fully saturated rings. The molecule has 0 aliphatic heterocycles. The van der Waals surface area contributed by atoms with Crippen molar-refractivity contribution in [3.8, 4) is 23.8 Å². The molecular formula is C22H26O3. The molecule has 0 aliphatic rings. The van der Waals surface area contributed by atoms with Gasteiger partial charge >= 0.3 is 0 Å². The van der Waals surface area contributed by atoms with Gasteiger partial charge in [0, 0.05) is 17.9 Å². The summed E-state index contributed by atoms with van der Waals surface area (Å²) >= 11 is 0. The van der Waals surface area contributed by atoms with Crippen LogP contribution in [0.3, 0.4) is 0 Å². The van der Waals surface area contributed by atoms with E-state index in [0.29, 0.717) is 6.61 Å². The predicted octanol–water partition coefficient (Wildman–Crippen LogP) is 4.03. The number of terminal acetylenes is 1. The van der Waals surface area contributed by atoms with Gasteiger partial charge in [-0.1, -0.05) is 51.0 Å². The van der Waals surface area contributed by atoms with Crippen molar-refractivity contribution in [1.29, 1.82) is 0 Å². The Morgan fingerprint density at radius 1 is 0.960 bits per heavy atom. The molecule has 2 aromatic carbocycles. The fraction of sp³-hybridized carbons (Fsp3) is 0.364. The van der Waals surface area contributed by atoms with E-state index in [1.165, 1.54) is 11.1 Å². The lowest BCUT2D eigenvalue weighted by Gasteiger charge is -2.26. The van der Waals surface area contributed by atoms with E-state index >= 15 is 0 Å². The first-order chi connectivity index (χ1) is 12.0. The van der Waals surface area contributed by atoms with E-state index in [1.807, 2.05) is 31.2 Å². The lowest BCUT2D eigenvalue weighted by atomic mass is 9.78. The molecule has 0 aliphatic carbocycles. The van der Waals surface area contributed by atoms with Gasteiger partial charge in [0.15, 0.2) is 0 Å². The van der Waals surface area contributed by atoms with Gasteiger partial charge in [-0.2, -0.15) is 0 Å². The lowest BCUT2D eigenvalue weighted by molar-refractivity contribution is 0.174. The SMILES string of the molecule is C#CCOc1ccc(C(C)(C)c2ccc(OCC(C)CO)cc2)cc1. The zero-order valence-corrected chi connectivity index (χ0v) is 15.2. The number of aliphatic hydroxyl groups is 1. The molecule has 3 nitrogen and oxygen atoms in total. The second-order valence-corrected chi connectivity index (χ2v) is 6.77. The zero-order chi connectivity index (χ0) is 18.3. The summed E-state index contributed by atoms with van der Waals surface area (Å²) in [6, 6.07) is 16.2. The number of hydrogen-bond donors (Lipinski definition) is 1. The minimum Gasteiger partial charge on any atom is -0.493 e. The quantitative estimate of drug-likeness (QED) is 0.739. The summed E-state index contributed by atoms with van der Waals surface area (Å²) < 4.78 is 11.1. The van der Waals surface area contributed by atoms with Crippen LogP contribution in [0.4, 0.5) is 0 Å². The van der Waals surface area contributed by atoms with Gasteiger partial charge in [0.1, 0.15) is 18.1 Å². The molecule has 1 N–H and O–H groups in total. The smallest absolute Gasteiger partial charge is 0.148 e. The molecule has 0 radical (unpaired) electrons. The third-order valence-corrected chi connectivity index (χ3v) is 4.32. The Morgan fingerprint density at radius 2 is 1.44 bits per heavy atom. The topological polar surface area (TPSA) is 38.7 Å². The van der Waals surface area contributed by atoms with Crippen LogP contribution in [0.2, 0.25) is 0 Å². The molecule has 0 spiro atoms. The van der Waals surface area contributed by atoms with Crippen LogP contribution in [-0.2, 0) is 5.41 Å². The van der Waals surface area contributed by atoms with E-state index in [2.05, 4.69) is 44.0 Å². The average Bonchev–Trinajstić information content (AvgIpc) is 2.65. The fourth-order valence-electron chi connectivity index (χ4n) is 2.52. The molecule has 3 heteroatoms. The molecule has 0 amide bonds. The number of rotatable bonds is 8. The first kappa shape index (κ1) is 18.9. The predicted molar refractivity (Wildman–Crippen MR) is 101 cm³/mol. The summed E-state index contributed by atoms with van der Waals surface area (Å²) in [6.45, 7) is 7.25. The van der Waals surface area contributed by atoms with Crippen LogP contribution in [-0.4, -0.2) is 24.9 Å². The Morgan fingerprint density at radius 3 is 1.88 bits per heavy atom. The van der Waals surface area contributed by atoms with Crippen molar-refractivity contribution >= 4 is 0 Å². The summed E-state index contributed by atoms with van der Waals surface area (Å²) in [6.07, 6.45) is 5.21. The number of hydrogen-bond acceptors (Lipinski definition) is 3. The number of benzene rings is 2. The van der Waals surface area contributed by atoms with Crippen molar-refractivity contribution in [2.24, 2.45) is 5.92 Å². The van der Waals surface area contributed by atoms with Gasteiger partial charge in [-0.25, -0.2) is 0 Å². The summed E-state index contributed by atoms with van der Waals surface area (Å²) in [5, 5.41) is 9.06. The third kappa shape index (κ3) is 5.01. The van der Waals surface area contributed by atoms with Gasteiger partial charge in [0.2, 0.25) is 0 Å². The van der Waals surface area contributed by atoms with Crippen molar-refractivity contribution in [2.45, 2.75) is 26.2 Å². The van der Waals surface area contributed by atoms with Crippen molar-refractivity contribution < 1.29 is 14.6 Å². The molecule has 1 atom stereocenters. The maximum absolute atomic E-state index is 9.06. The van der Waals surface area contributed by atoms with E-state index in [-0.39, 0.29) is 24.5 Å². The molecule has 132 valence electrons. The molecular weight excluding hydrogens is 312 g/mol. The fourth-order valence-corrected chi connectivity index (χ4v) is 2.52. The highest BCUT2D eigenvalue weighted by Crippen LogP contribution is 2.33. The van der Waals surface area contributed by atoms with Gasteiger partial charge in [-0.15, -0.1) is 6.42 Å². The Labute approximate surface area is 150 Å². The van der Waals surface area contributed by atoms with Crippen molar-refractivity contribution in [3.05, 3.63) is 59.7 Å². The van der Waals surface area contributed by atoms with Crippen LogP contribution >= 0.6 is 0 Å². The average molecular weight is 338 g/mol. The molecule has 0 saturated carbocycles. The molecule has 1 unspecified atom stereocenters. The molecule has 0 heterocycles. The van der Waals surface area contributed by atoms with Crippen LogP contribution in [0.25, 0.3) is 0 Å². The molecule has 2 aromatic rings. The molecule has 0 bridgehead atoms. The summed E-state index contributed by atoms with van der Waals surface area (Å²) in [5.41, 5.74) is 2.26. The minimum absolute atomic E-state index is 0.131. The lowest BCUT2D eigenvalue weighted by Crippen LogP contribution is -2.19. The van der Waals surface area contributed by atoms with Crippen molar-refractivity contribution in [3.63, 3.8) is 0 Å². The van der Waals surface area contributed by atoms with Crippen LogP contribution in [0.15, 0.2) is 48.5 Å². The van der Waals surface area contributed by atoms with E-state index < -0.39 is 0 Å². The highest BCUT2D eigenvalue weighted by molar-refractivity contribution is 5.41. The maximum atomic E-state index is 9.06. The number of aliphatic hydroxyl groups excluding tert-OH is 1. The third-order valence-electron chi connectivity index (χ3n) is 4.32. The minimum atomic E-state index is -0.137. The zero-order valence-electron chi connectivity index (χ0n) is 15.2. The van der Waals surface area contributed by atoms with Crippen LogP contribution in [0.1, 0.15) is 31.9 Å². The van der Waals surface area contributed by atoms with E-state index in [9.17, 15) is 0 Å². The van der Waals surface area contributed by atoms with Crippen molar-refractivity contribution in [2.75, 3.05) is 19.8 Å². The Hall–Kier alpha value is -2.44. The van der Waals surface area contributed by atoms with Gasteiger partial charge in [-0.05, 0) is 35.4 Å². The highest BCUT2D eigenvalue weighted by Gasteiger charge is 2.23. The molecule has 25 heavy (non-hydrogen) atoms. The molecule has 0 aromatic heterocycles. The van der Waals surface area contributed by atoms with E-state index in [0.717, 1.165) is 11.5 Å². The standard InChI is InChI=1S/C22H26O3/c1-5-14-24-20-10-6-18(7-11-20)22(3,4)19-8-12-21(13-9-19)25-16-17(2)15-23/h1,6-13,17,23H,14-16H2,2-4H3. The van der Waals surface area contributed by atoms with Gasteiger partial charge < -0.3 is 14.6 Å². The van der Waals surface area contributed by atoms with Crippen LogP contribution in [0.5, 0.6) is 11.5 Å². The maximum Gasteiger partial charge on any atom is 0.148 e. The van der Waals surface area contributed by atoms with Crippen molar-refractivity contribution in [1.82, 2.24) is 0 Å². The summed E-state index contributed by atoms with van der Waals surface area (Å²) in [7, 11) is 0. The Kier molecular flexibility index (Phi) is 6.50. The molecule has 0 saturated heterocycles. The first-order valence-corrected chi connectivity index (χ1v) is 8.48. The van der Waals surface area contributed by atoms with Gasteiger partial charge in [0.25, 0.3) is 0 Å². The first-order valence-electron chi connectivity index (χ1n) is 8.48. The Balaban J connectivity index is 2.09. The van der Waals surface area contributed by atoms with Crippen LogP contribution < -0.4 is 9.47 Å². The second-order valence-electron chi connectivity index (χ2n) is 6.77. The normalized spacial score (nSPS) is 12.3. The van der Waals surface area contributed by atoms with E-state index in [4.69, 9.17) is 21.0 Å². The monoisotopic (exact) mass is 338 g/mol. The van der Waals surface area contributed by atoms with Gasteiger partial charge in [-0.3, -0.25) is 0 Å². The summed E-state index contributed by atoms with van der Waals surface area (Å²) in [5.74, 6) is 4.19. The summed E-state index contributed by atoms with van der Waals surface area (Å²) in [4.78, 5) is 0. The van der Waals surface area contributed by atoms with E-state index in [1.54, 1.807) is 0 Å².